The molecule has 0 aliphatic carbocycles. The van der Waals surface area contributed by atoms with Crippen LogP contribution in [0.1, 0.15) is 63.8 Å². The van der Waals surface area contributed by atoms with Crippen LogP contribution in [0.5, 0.6) is 0 Å². The van der Waals surface area contributed by atoms with Gasteiger partial charge in [0.05, 0.1) is 12.1 Å². The number of nitrogens with zero attached hydrogens (tertiary/aromatic N) is 1. The van der Waals surface area contributed by atoms with Crippen molar-refractivity contribution in [3.8, 4) is 6.07 Å². The molecule has 0 aliphatic rings. The Bertz CT molecular complexity index is 442. The maximum absolute atomic E-state index is 12.6. The number of carbonyl (C=O) groups excluding carboxylic acids is 1. The van der Waals surface area contributed by atoms with Gasteiger partial charge in [-0.25, -0.2) is 0 Å². The topological polar surface area (TPSA) is 52.9 Å². The normalized spacial score (nSPS) is 12.7. The van der Waals surface area contributed by atoms with E-state index in [0.29, 0.717) is 12.8 Å². The molecular weight excluding hydrogens is 268 g/mol. The van der Waals surface area contributed by atoms with Gasteiger partial charge in [-0.05, 0) is 30.7 Å². The van der Waals surface area contributed by atoms with Crippen LogP contribution in [0.2, 0.25) is 0 Å². The molecule has 1 amide bonds. The van der Waals surface area contributed by atoms with Gasteiger partial charge in [-0.2, -0.15) is 5.26 Å². The molecule has 4 heteroatoms. The van der Waals surface area contributed by atoms with Crippen LogP contribution in [-0.4, -0.2) is 5.91 Å². The maximum Gasteiger partial charge on any atom is 0.240 e. The smallest absolute Gasteiger partial charge is 0.240 e. The number of hydrogen-bond donors (Lipinski definition) is 1. The van der Waals surface area contributed by atoms with E-state index >= 15 is 0 Å². The number of amides is 1. The molecule has 0 saturated heterocycles. The SMILES string of the molecule is CCCC(C#N)(CCC)C(=O)NC(CC)c1cccs1. The van der Waals surface area contributed by atoms with Crippen LogP contribution < -0.4 is 5.32 Å². The van der Waals surface area contributed by atoms with E-state index in [2.05, 4.69) is 18.3 Å². The summed E-state index contributed by atoms with van der Waals surface area (Å²) < 4.78 is 0. The van der Waals surface area contributed by atoms with E-state index in [1.807, 2.05) is 31.4 Å². The van der Waals surface area contributed by atoms with Gasteiger partial charge in [0.15, 0.2) is 0 Å². The lowest BCUT2D eigenvalue weighted by Crippen LogP contribution is -2.41. The van der Waals surface area contributed by atoms with Crippen LogP contribution in [0.25, 0.3) is 0 Å². The second-order valence-electron chi connectivity index (χ2n) is 5.14. The van der Waals surface area contributed by atoms with Gasteiger partial charge in [0, 0.05) is 4.88 Å². The Morgan fingerprint density at radius 3 is 2.45 bits per heavy atom. The van der Waals surface area contributed by atoms with Gasteiger partial charge in [-0.15, -0.1) is 11.3 Å². The largest absolute Gasteiger partial charge is 0.347 e. The molecular formula is C16H24N2OS. The van der Waals surface area contributed by atoms with Crippen LogP contribution in [0.3, 0.4) is 0 Å². The minimum absolute atomic E-state index is 0.0175. The molecule has 1 heterocycles. The molecule has 1 N–H and O–H groups in total. The molecule has 110 valence electrons. The highest BCUT2D eigenvalue weighted by molar-refractivity contribution is 7.10. The van der Waals surface area contributed by atoms with E-state index in [4.69, 9.17) is 0 Å². The molecule has 3 nitrogen and oxygen atoms in total. The lowest BCUT2D eigenvalue weighted by atomic mass is 9.79. The summed E-state index contributed by atoms with van der Waals surface area (Å²) in [5, 5.41) is 14.6. The van der Waals surface area contributed by atoms with Gasteiger partial charge in [0.25, 0.3) is 0 Å². The van der Waals surface area contributed by atoms with Gasteiger partial charge in [-0.3, -0.25) is 4.79 Å². The average Bonchev–Trinajstić information content (AvgIpc) is 2.98. The van der Waals surface area contributed by atoms with Crippen LogP contribution in [0.4, 0.5) is 0 Å². The van der Waals surface area contributed by atoms with Crippen LogP contribution in [0, 0.1) is 16.7 Å². The van der Waals surface area contributed by atoms with E-state index in [9.17, 15) is 10.1 Å². The van der Waals surface area contributed by atoms with Crippen LogP contribution in [-0.2, 0) is 4.79 Å². The first-order valence-electron chi connectivity index (χ1n) is 7.39. The van der Waals surface area contributed by atoms with Crippen molar-refractivity contribution in [3.63, 3.8) is 0 Å². The van der Waals surface area contributed by atoms with Crippen molar-refractivity contribution in [2.75, 3.05) is 0 Å². The Morgan fingerprint density at radius 2 is 2.05 bits per heavy atom. The molecule has 0 bridgehead atoms. The Kier molecular flexibility index (Phi) is 6.74. The third-order valence-electron chi connectivity index (χ3n) is 3.60. The second-order valence-corrected chi connectivity index (χ2v) is 6.12. The van der Waals surface area contributed by atoms with Crippen molar-refractivity contribution in [2.45, 2.75) is 58.9 Å². The molecule has 1 aromatic rings. The summed E-state index contributed by atoms with van der Waals surface area (Å²) in [5.74, 6) is -0.107. The number of carbonyl (C=O) groups is 1. The molecule has 1 aromatic heterocycles. The van der Waals surface area contributed by atoms with E-state index < -0.39 is 5.41 Å². The summed E-state index contributed by atoms with van der Waals surface area (Å²) in [4.78, 5) is 13.8. The maximum atomic E-state index is 12.6. The molecule has 0 spiro atoms. The Morgan fingerprint density at radius 1 is 1.40 bits per heavy atom. The fourth-order valence-corrected chi connectivity index (χ4v) is 3.39. The third kappa shape index (κ3) is 3.83. The van der Waals surface area contributed by atoms with E-state index in [-0.39, 0.29) is 11.9 Å². The number of rotatable bonds is 8. The van der Waals surface area contributed by atoms with Gasteiger partial charge >= 0.3 is 0 Å². The fraction of sp³-hybridized carbons (Fsp3) is 0.625. The molecule has 1 atom stereocenters. The van der Waals surface area contributed by atoms with Crippen molar-refractivity contribution in [1.29, 1.82) is 5.26 Å². The van der Waals surface area contributed by atoms with E-state index in [0.717, 1.165) is 24.1 Å². The standard InChI is InChI=1S/C16H24N2OS/c1-4-9-16(12-17,10-5-2)15(19)18-13(6-3)14-8-7-11-20-14/h7-8,11,13H,4-6,9-10H2,1-3H3,(H,18,19). The molecule has 0 fully saturated rings. The van der Waals surface area contributed by atoms with Gasteiger partial charge in [0.2, 0.25) is 5.91 Å². The summed E-state index contributed by atoms with van der Waals surface area (Å²) in [6.07, 6.45) is 3.79. The summed E-state index contributed by atoms with van der Waals surface area (Å²) in [6.45, 7) is 6.09. The zero-order chi connectivity index (χ0) is 15.0. The van der Waals surface area contributed by atoms with Crippen LogP contribution >= 0.6 is 11.3 Å². The molecule has 1 unspecified atom stereocenters. The fourth-order valence-electron chi connectivity index (χ4n) is 2.53. The molecule has 0 radical (unpaired) electrons. The highest BCUT2D eigenvalue weighted by Gasteiger charge is 2.37. The van der Waals surface area contributed by atoms with Crippen molar-refractivity contribution < 1.29 is 4.79 Å². The number of hydrogen-bond acceptors (Lipinski definition) is 3. The first-order chi connectivity index (χ1) is 9.63. The van der Waals surface area contributed by atoms with Crippen molar-refractivity contribution >= 4 is 17.2 Å². The molecule has 0 aliphatic heterocycles. The minimum atomic E-state index is -0.867. The summed E-state index contributed by atoms with van der Waals surface area (Å²) in [5.41, 5.74) is -0.867. The van der Waals surface area contributed by atoms with Crippen molar-refractivity contribution in [2.24, 2.45) is 5.41 Å². The molecule has 0 saturated carbocycles. The third-order valence-corrected chi connectivity index (χ3v) is 4.59. The quantitative estimate of drug-likeness (QED) is 0.770. The van der Waals surface area contributed by atoms with Gasteiger partial charge in [0.1, 0.15) is 5.41 Å². The Balaban J connectivity index is 2.87. The lowest BCUT2D eigenvalue weighted by Gasteiger charge is -2.27. The monoisotopic (exact) mass is 292 g/mol. The highest BCUT2D eigenvalue weighted by Crippen LogP contribution is 2.31. The minimum Gasteiger partial charge on any atom is -0.347 e. The Hall–Kier alpha value is -1.34. The summed E-state index contributed by atoms with van der Waals surface area (Å²) >= 11 is 1.64. The summed E-state index contributed by atoms with van der Waals surface area (Å²) in [6, 6.07) is 6.33. The second kappa shape index (κ2) is 8.06. The van der Waals surface area contributed by atoms with Gasteiger partial charge < -0.3 is 5.32 Å². The molecule has 20 heavy (non-hydrogen) atoms. The Labute approximate surface area is 126 Å². The number of nitriles is 1. The number of thiophene rings is 1. The van der Waals surface area contributed by atoms with Crippen molar-refractivity contribution in [3.05, 3.63) is 22.4 Å². The predicted molar refractivity (Wildman–Crippen MR) is 83.4 cm³/mol. The first-order valence-corrected chi connectivity index (χ1v) is 8.27. The van der Waals surface area contributed by atoms with Crippen LogP contribution in [0.15, 0.2) is 17.5 Å². The number of nitrogens with one attached hydrogen (secondary N) is 1. The molecule has 0 aromatic carbocycles. The lowest BCUT2D eigenvalue weighted by molar-refractivity contribution is -0.129. The van der Waals surface area contributed by atoms with Crippen molar-refractivity contribution in [1.82, 2.24) is 5.32 Å². The summed E-state index contributed by atoms with van der Waals surface area (Å²) in [7, 11) is 0. The molecule has 1 rings (SSSR count). The predicted octanol–water partition coefficient (Wildman–Crippen LogP) is 4.43. The zero-order valence-corrected chi connectivity index (χ0v) is 13.4. The first kappa shape index (κ1) is 16.7. The highest BCUT2D eigenvalue weighted by atomic mass is 32.1. The zero-order valence-electron chi connectivity index (χ0n) is 12.6. The average molecular weight is 292 g/mol. The van der Waals surface area contributed by atoms with E-state index in [1.165, 1.54) is 0 Å². The van der Waals surface area contributed by atoms with Gasteiger partial charge in [-0.1, -0.05) is 39.7 Å². The van der Waals surface area contributed by atoms with E-state index in [1.54, 1.807) is 11.3 Å².